The molecule has 0 unspecified atom stereocenters. The lowest BCUT2D eigenvalue weighted by atomic mass is 9.82. The van der Waals surface area contributed by atoms with Crippen molar-refractivity contribution in [3.8, 4) is 0 Å². The van der Waals surface area contributed by atoms with Gasteiger partial charge in [0.2, 0.25) is 5.91 Å². The Morgan fingerprint density at radius 2 is 1.96 bits per heavy atom. The molecule has 130 valence electrons. The molecule has 1 saturated heterocycles. The SMILES string of the molecule is O=C(O)[C@H]1[C@H](C(=O)Nc2cccc(N3CCOC3=O)c2)[C@H]2C=C[C@H]1C2. The van der Waals surface area contributed by atoms with Gasteiger partial charge in [-0.25, -0.2) is 4.79 Å². The minimum Gasteiger partial charge on any atom is -0.481 e. The number of amides is 2. The standard InChI is InChI=1S/C18H18N2O5/c21-16(14-10-4-5-11(8-10)15(14)17(22)23)19-12-2-1-3-13(9-12)20-6-7-25-18(20)24/h1-5,9-11,14-15H,6-8H2,(H,19,21)(H,22,23)/t10-,11-,14+,15+/m0/s1. The molecule has 3 aliphatic rings. The highest BCUT2D eigenvalue weighted by Gasteiger charge is 2.51. The van der Waals surface area contributed by atoms with Crippen LogP contribution in [0.2, 0.25) is 0 Å². The minimum absolute atomic E-state index is 0.0251. The zero-order valence-corrected chi connectivity index (χ0v) is 13.4. The lowest BCUT2D eigenvalue weighted by Crippen LogP contribution is -2.36. The summed E-state index contributed by atoms with van der Waals surface area (Å²) >= 11 is 0. The molecular weight excluding hydrogens is 324 g/mol. The number of carbonyl (C=O) groups excluding carboxylic acids is 2. The van der Waals surface area contributed by atoms with Crippen molar-refractivity contribution < 1.29 is 24.2 Å². The number of aliphatic carboxylic acids is 1. The number of hydrogen-bond acceptors (Lipinski definition) is 4. The van der Waals surface area contributed by atoms with Crippen LogP contribution < -0.4 is 10.2 Å². The van der Waals surface area contributed by atoms with Crippen LogP contribution in [-0.4, -0.2) is 36.2 Å². The summed E-state index contributed by atoms with van der Waals surface area (Å²) in [6.07, 6.45) is 4.17. The third-order valence-corrected chi connectivity index (χ3v) is 5.23. The molecule has 1 aromatic carbocycles. The summed E-state index contributed by atoms with van der Waals surface area (Å²) in [6, 6.07) is 6.93. The van der Waals surface area contributed by atoms with Gasteiger partial charge >= 0.3 is 12.1 Å². The van der Waals surface area contributed by atoms with Crippen molar-refractivity contribution in [2.45, 2.75) is 6.42 Å². The molecule has 1 aliphatic heterocycles. The second-order valence-electron chi connectivity index (χ2n) is 6.64. The topological polar surface area (TPSA) is 95.9 Å². The average molecular weight is 342 g/mol. The lowest BCUT2D eigenvalue weighted by molar-refractivity contribution is -0.146. The highest BCUT2D eigenvalue weighted by molar-refractivity contribution is 5.97. The van der Waals surface area contributed by atoms with Crippen molar-refractivity contribution in [3.63, 3.8) is 0 Å². The van der Waals surface area contributed by atoms with Gasteiger partial charge in [-0.3, -0.25) is 14.5 Å². The molecule has 2 bridgehead atoms. The Morgan fingerprint density at radius 1 is 1.20 bits per heavy atom. The Labute approximate surface area is 144 Å². The first-order valence-electron chi connectivity index (χ1n) is 8.31. The van der Waals surface area contributed by atoms with Gasteiger partial charge in [0.05, 0.1) is 18.4 Å². The van der Waals surface area contributed by atoms with E-state index < -0.39 is 23.9 Å². The molecule has 0 aromatic heterocycles. The van der Waals surface area contributed by atoms with Crippen molar-refractivity contribution in [3.05, 3.63) is 36.4 Å². The Kier molecular flexibility index (Phi) is 3.71. The summed E-state index contributed by atoms with van der Waals surface area (Å²) in [5.41, 5.74) is 1.18. The van der Waals surface area contributed by atoms with Crippen molar-refractivity contribution in [1.29, 1.82) is 0 Å². The summed E-state index contributed by atoms with van der Waals surface area (Å²) in [4.78, 5) is 37.4. The van der Waals surface area contributed by atoms with E-state index in [-0.39, 0.29) is 17.7 Å². The number of rotatable bonds is 4. The number of nitrogens with zero attached hydrogens (tertiary/aromatic N) is 1. The number of anilines is 2. The van der Waals surface area contributed by atoms with Crippen LogP contribution in [0.15, 0.2) is 36.4 Å². The number of benzene rings is 1. The van der Waals surface area contributed by atoms with Crippen LogP contribution >= 0.6 is 0 Å². The monoisotopic (exact) mass is 342 g/mol. The number of fused-ring (bicyclic) bond motifs is 2. The number of hydrogen-bond donors (Lipinski definition) is 2. The number of nitrogens with one attached hydrogen (secondary N) is 1. The van der Waals surface area contributed by atoms with Crippen molar-refractivity contribution in [2.24, 2.45) is 23.7 Å². The van der Waals surface area contributed by atoms with E-state index in [1.165, 1.54) is 4.90 Å². The predicted octanol–water partition coefficient (Wildman–Crippen LogP) is 2.10. The third-order valence-electron chi connectivity index (χ3n) is 5.23. The fraction of sp³-hybridized carbons (Fsp3) is 0.389. The maximum Gasteiger partial charge on any atom is 0.414 e. The van der Waals surface area contributed by atoms with E-state index in [0.29, 0.717) is 30.9 Å². The fourth-order valence-electron chi connectivity index (χ4n) is 4.12. The molecule has 4 atom stereocenters. The molecule has 0 spiro atoms. The zero-order valence-electron chi connectivity index (χ0n) is 13.4. The third kappa shape index (κ3) is 2.65. The molecule has 1 aromatic rings. The molecule has 4 rings (SSSR count). The molecule has 2 aliphatic carbocycles. The number of carboxylic acids is 1. The molecule has 2 N–H and O–H groups in total. The van der Waals surface area contributed by atoms with E-state index >= 15 is 0 Å². The quantitative estimate of drug-likeness (QED) is 0.817. The van der Waals surface area contributed by atoms with E-state index in [1.54, 1.807) is 24.3 Å². The second-order valence-corrected chi connectivity index (χ2v) is 6.64. The van der Waals surface area contributed by atoms with Crippen LogP contribution in [0.4, 0.5) is 16.2 Å². The number of ether oxygens (including phenoxy) is 1. The number of carboxylic acid groups (broad SMARTS) is 1. The fourth-order valence-corrected chi connectivity index (χ4v) is 4.12. The molecule has 7 heteroatoms. The molecule has 25 heavy (non-hydrogen) atoms. The molecule has 1 heterocycles. The summed E-state index contributed by atoms with van der Waals surface area (Å²) in [5.74, 6) is -2.54. The van der Waals surface area contributed by atoms with Gasteiger partial charge in [0.25, 0.3) is 0 Å². The average Bonchev–Trinajstić information content (AvgIpc) is 3.29. The van der Waals surface area contributed by atoms with Gasteiger partial charge in [-0.15, -0.1) is 0 Å². The van der Waals surface area contributed by atoms with Crippen molar-refractivity contribution >= 4 is 29.3 Å². The van der Waals surface area contributed by atoms with Crippen LogP contribution in [0, 0.1) is 23.7 Å². The zero-order chi connectivity index (χ0) is 17.6. The van der Waals surface area contributed by atoms with Gasteiger partial charge < -0.3 is 15.2 Å². The van der Waals surface area contributed by atoms with Crippen LogP contribution in [0.3, 0.4) is 0 Å². The summed E-state index contributed by atoms with van der Waals surface area (Å²) in [5, 5.41) is 12.3. The van der Waals surface area contributed by atoms with Gasteiger partial charge in [0.15, 0.2) is 0 Å². The van der Waals surface area contributed by atoms with Crippen LogP contribution in [0.1, 0.15) is 6.42 Å². The van der Waals surface area contributed by atoms with E-state index in [0.717, 1.165) is 0 Å². The highest BCUT2D eigenvalue weighted by Crippen LogP contribution is 2.48. The molecular formula is C18H18N2O5. The van der Waals surface area contributed by atoms with Gasteiger partial charge in [-0.05, 0) is 36.5 Å². The predicted molar refractivity (Wildman–Crippen MR) is 89.1 cm³/mol. The number of allylic oxidation sites excluding steroid dienone is 2. The largest absolute Gasteiger partial charge is 0.481 e. The molecule has 2 fully saturated rings. The Bertz CT molecular complexity index is 774. The minimum atomic E-state index is -0.925. The first-order chi connectivity index (χ1) is 12.0. The van der Waals surface area contributed by atoms with Crippen molar-refractivity contribution in [1.82, 2.24) is 0 Å². The van der Waals surface area contributed by atoms with E-state index in [9.17, 15) is 19.5 Å². The normalized spacial score (nSPS) is 29.8. The summed E-state index contributed by atoms with van der Waals surface area (Å²) in [6.45, 7) is 0.807. The molecule has 2 amide bonds. The Morgan fingerprint density at radius 3 is 2.64 bits per heavy atom. The Hall–Kier alpha value is -2.83. The molecule has 0 radical (unpaired) electrons. The highest BCUT2D eigenvalue weighted by atomic mass is 16.6. The van der Waals surface area contributed by atoms with Crippen LogP contribution in [0.5, 0.6) is 0 Å². The van der Waals surface area contributed by atoms with Gasteiger partial charge in [-0.1, -0.05) is 18.2 Å². The first kappa shape index (κ1) is 15.7. The van der Waals surface area contributed by atoms with Gasteiger partial charge in [-0.2, -0.15) is 0 Å². The van der Waals surface area contributed by atoms with Gasteiger partial charge in [0.1, 0.15) is 6.61 Å². The first-order valence-corrected chi connectivity index (χ1v) is 8.31. The molecule has 1 saturated carbocycles. The maximum absolute atomic E-state index is 12.7. The molecule has 7 nitrogen and oxygen atoms in total. The van der Waals surface area contributed by atoms with E-state index in [4.69, 9.17) is 4.74 Å². The smallest absolute Gasteiger partial charge is 0.414 e. The maximum atomic E-state index is 12.7. The summed E-state index contributed by atoms with van der Waals surface area (Å²) < 4.78 is 4.92. The van der Waals surface area contributed by atoms with E-state index in [1.807, 2.05) is 12.2 Å². The number of carbonyl (C=O) groups is 3. The Balaban J connectivity index is 1.52. The second kappa shape index (κ2) is 5.91. The number of cyclic esters (lactones) is 1. The van der Waals surface area contributed by atoms with E-state index in [2.05, 4.69) is 5.32 Å². The van der Waals surface area contributed by atoms with Crippen LogP contribution in [-0.2, 0) is 14.3 Å². The van der Waals surface area contributed by atoms with Crippen LogP contribution in [0.25, 0.3) is 0 Å². The lowest BCUT2D eigenvalue weighted by Gasteiger charge is -2.24. The summed E-state index contributed by atoms with van der Waals surface area (Å²) in [7, 11) is 0. The van der Waals surface area contributed by atoms with Gasteiger partial charge in [0, 0.05) is 11.4 Å². The van der Waals surface area contributed by atoms with Crippen molar-refractivity contribution in [2.75, 3.05) is 23.4 Å².